The molecule has 3 saturated carbocycles. The molecule has 0 aromatic carbocycles. The predicted molar refractivity (Wildman–Crippen MR) is 149 cm³/mol. The Bertz CT molecular complexity index is 1210. The molecule has 0 aromatic rings. The zero-order valence-corrected chi connectivity index (χ0v) is 25.4. The van der Waals surface area contributed by atoms with Gasteiger partial charge in [-0.15, -0.1) is 11.6 Å². The summed E-state index contributed by atoms with van der Waals surface area (Å²) < 4.78 is 17.4. The highest BCUT2D eigenvalue weighted by Crippen LogP contribution is 2.72. The second-order valence-corrected chi connectivity index (χ2v) is 12.9. The zero-order chi connectivity index (χ0) is 30.5. The number of aliphatic hydroxyl groups excluding tert-OH is 1. The van der Waals surface area contributed by atoms with E-state index < -0.39 is 81.6 Å². The van der Waals surface area contributed by atoms with Crippen LogP contribution in [0, 0.1) is 28.6 Å². The van der Waals surface area contributed by atoms with Crippen molar-refractivity contribution in [3.63, 3.8) is 0 Å². The summed E-state index contributed by atoms with van der Waals surface area (Å²) in [6, 6.07) is 0. The van der Waals surface area contributed by atoms with Gasteiger partial charge in [-0.25, -0.2) is 0 Å². The molecule has 4 aliphatic carbocycles. The number of halogens is 1. The van der Waals surface area contributed by atoms with E-state index in [0.717, 1.165) is 5.57 Å². The Morgan fingerprint density at radius 2 is 1.66 bits per heavy atom. The molecule has 41 heavy (non-hydrogen) atoms. The number of rotatable bonds is 8. The lowest BCUT2D eigenvalue weighted by Crippen LogP contribution is -2.76. The van der Waals surface area contributed by atoms with Crippen LogP contribution in [0.15, 0.2) is 23.8 Å². The molecular formula is C31H41ClO9. The fourth-order valence-corrected chi connectivity index (χ4v) is 8.93. The number of fused-ring (bicyclic) bond motifs is 5. The first-order valence-electron chi connectivity index (χ1n) is 14.6. The number of carbonyl (C=O) groups excluding carboxylic acids is 5. The van der Waals surface area contributed by atoms with Crippen molar-refractivity contribution < 1.29 is 43.3 Å². The molecule has 9 atom stereocenters. The smallest absolute Gasteiger partial charge is 0.306 e. The van der Waals surface area contributed by atoms with Crippen molar-refractivity contribution in [2.45, 2.75) is 103 Å². The monoisotopic (exact) mass is 592 g/mol. The van der Waals surface area contributed by atoms with E-state index in [1.165, 1.54) is 6.08 Å². The van der Waals surface area contributed by atoms with Gasteiger partial charge in [0.05, 0.1) is 10.3 Å². The SMILES string of the molecule is CCC(=O)OCC(=O)[C@]1(OC(=O)CC)[C@@H](C)C[C@H]2[C@@H]3CCC4=CC(=O)C=C[C@]4(C)[C@@]3(Cl)[C@@H](O)[C@@H](OC(=O)CC)[C@@]21C. The summed E-state index contributed by atoms with van der Waals surface area (Å²) in [5, 5.41) is 12.3. The minimum Gasteiger partial charge on any atom is -0.459 e. The van der Waals surface area contributed by atoms with Crippen LogP contribution in [-0.4, -0.2) is 63.9 Å². The van der Waals surface area contributed by atoms with E-state index >= 15 is 0 Å². The maximum atomic E-state index is 14.2. The van der Waals surface area contributed by atoms with Gasteiger partial charge in [-0.05, 0) is 43.3 Å². The third-order valence-electron chi connectivity index (χ3n) is 10.5. The van der Waals surface area contributed by atoms with Crippen molar-refractivity contribution in [3.8, 4) is 0 Å². The van der Waals surface area contributed by atoms with E-state index in [9.17, 15) is 29.1 Å². The molecule has 0 heterocycles. The first kappa shape index (κ1) is 31.4. The fraction of sp³-hybridized carbons (Fsp3) is 0.710. The first-order chi connectivity index (χ1) is 19.2. The Hall–Kier alpha value is -2.52. The number of carbonyl (C=O) groups is 5. The Morgan fingerprint density at radius 3 is 2.27 bits per heavy atom. The van der Waals surface area contributed by atoms with Gasteiger partial charge in [-0.3, -0.25) is 24.0 Å². The molecule has 10 heteroatoms. The number of hydrogen-bond donors (Lipinski definition) is 1. The van der Waals surface area contributed by atoms with Crippen LogP contribution in [0.5, 0.6) is 0 Å². The lowest BCUT2D eigenvalue weighted by molar-refractivity contribution is -0.244. The summed E-state index contributed by atoms with van der Waals surface area (Å²) in [5.74, 6) is -4.05. The van der Waals surface area contributed by atoms with E-state index in [-0.39, 0.29) is 25.0 Å². The summed E-state index contributed by atoms with van der Waals surface area (Å²) in [6.07, 6.45) is 3.34. The molecule has 3 fully saturated rings. The molecule has 0 bridgehead atoms. The van der Waals surface area contributed by atoms with Crippen molar-refractivity contribution in [1.82, 2.24) is 0 Å². The van der Waals surface area contributed by atoms with Crippen molar-refractivity contribution in [2.75, 3.05) is 6.61 Å². The quantitative estimate of drug-likeness (QED) is 0.252. The van der Waals surface area contributed by atoms with Crippen molar-refractivity contribution in [2.24, 2.45) is 28.6 Å². The van der Waals surface area contributed by atoms with E-state index in [1.54, 1.807) is 46.8 Å². The Labute approximate surface area is 246 Å². The third kappa shape index (κ3) is 4.32. The van der Waals surface area contributed by atoms with Crippen molar-refractivity contribution >= 4 is 41.1 Å². The van der Waals surface area contributed by atoms with Crippen LogP contribution in [0.3, 0.4) is 0 Å². The maximum Gasteiger partial charge on any atom is 0.306 e. The van der Waals surface area contributed by atoms with E-state index in [4.69, 9.17) is 25.8 Å². The predicted octanol–water partition coefficient (Wildman–Crippen LogP) is 4.02. The Balaban J connectivity index is 1.95. The molecule has 4 rings (SSSR count). The van der Waals surface area contributed by atoms with Gasteiger partial charge >= 0.3 is 17.9 Å². The molecule has 226 valence electrons. The van der Waals surface area contributed by atoms with Crippen LogP contribution in [0.2, 0.25) is 0 Å². The number of alkyl halides is 1. The summed E-state index contributed by atoms with van der Waals surface area (Å²) >= 11 is 7.61. The van der Waals surface area contributed by atoms with Crippen LogP contribution >= 0.6 is 11.6 Å². The molecule has 0 amide bonds. The largest absolute Gasteiger partial charge is 0.459 e. The second-order valence-electron chi connectivity index (χ2n) is 12.3. The number of Topliss-reactive ketones (excluding diaryl/α,β-unsaturated/α-hetero) is 1. The second kappa shape index (κ2) is 11.0. The molecule has 1 N–H and O–H groups in total. The lowest BCUT2D eigenvalue weighted by atomic mass is 9.44. The van der Waals surface area contributed by atoms with Gasteiger partial charge in [-0.1, -0.05) is 53.2 Å². The number of esters is 3. The molecule has 0 saturated heterocycles. The topological polar surface area (TPSA) is 133 Å². The van der Waals surface area contributed by atoms with Gasteiger partial charge in [0.25, 0.3) is 0 Å². The molecule has 9 nitrogen and oxygen atoms in total. The van der Waals surface area contributed by atoms with E-state index in [1.807, 2.05) is 6.92 Å². The van der Waals surface area contributed by atoms with Crippen LogP contribution in [0.4, 0.5) is 0 Å². The van der Waals surface area contributed by atoms with Gasteiger partial charge in [0.15, 0.2) is 18.0 Å². The average molecular weight is 593 g/mol. The molecule has 0 spiro atoms. The van der Waals surface area contributed by atoms with Crippen LogP contribution in [0.1, 0.15) is 80.1 Å². The Kier molecular flexibility index (Phi) is 8.39. The highest BCUT2D eigenvalue weighted by molar-refractivity contribution is 6.26. The van der Waals surface area contributed by atoms with Crippen LogP contribution in [0.25, 0.3) is 0 Å². The minimum atomic E-state index is -1.87. The fourth-order valence-electron chi connectivity index (χ4n) is 8.37. The lowest BCUT2D eigenvalue weighted by Gasteiger charge is -2.65. The number of allylic oxidation sites excluding steroid dienone is 4. The highest BCUT2D eigenvalue weighted by atomic mass is 35.5. The number of ether oxygens (including phenoxy) is 3. The summed E-state index contributed by atoms with van der Waals surface area (Å²) in [4.78, 5) is 63.0. The van der Waals surface area contributed by atoms with Gasteiger partial charge in [0, 0.05) is 30.6 Å². The first-order valence-corrected chi connectivity index (χ1v) is 15.0. The average Bonchev–Trinajstić information content (AvgIpc) is 3.17. The summed E-state index contributed by atoms with van der Waals surface area (Å²) in [5.41, 5.74) is -3.44. The third-order valence-corrected chi connectivity index (χ3v) is 11.4. The normalized spacial score (nSPS) is 40.9. The highest BCUT2D eigenvalue weighted by Gasteiger charge is 2.80. The van der Waals surface area contributed by atoms with Gasteiger partial charge in [-0.2, -0.15) is 0 Å². The minimum absolute atomic E-state index is 0.00112. The molecular weight excluding hydrogens is 552 g/mol. The number of aliphatic hydroxyl groups is 1. The molecule has 0 unspecified atom stereocenters. The summed E-state index contributed by atoms with van der Waals surface area (Å²) in [7, 11) is 0. The van der Waals surface area contributed by atoms with Gasteiger partial charge < -0.3 is 19.3 Å². The van der Waals surface area contributed by atoms with Gasteiger partial charge in [0.2, 0.25) is 5.78 Å². The van der Waals surface area contributed by atoms with Gasteiger partial charge in [0.1, 0.15) is 12.2 Å². The number of ketones is 2. The molecule has 0 aromatic heterocycles. The Morgan fingerprint density at radius 1 is 1.02 bits per heavy atom. The molecule has 0 radical (unpaired) electrons. The number of hydrogen-bond acceptors (Lipinski definition) is 9. The zero-order valence-electron chi connectivity index (χ0n) is 24.7. The van der Waals surface area contributed by atoms with Crippen molar-refractivity contribution in [1.29, 1.82) is 0 Å². The van der Waals surface area contributed by atoms with Crippen LogP contribution in [-0.2, 0) is 38.2 Å². The van der Waals surface area contributed by atoms with Crippen LogP contribution < -0.4 is 0 Å². The standard InChI is InChI=1S/C31H41ClO9/c1-7-23(35)39-16-22(34)31(41-25(37)9-3)17(4)14-21-20-11-10-18-15-19(33)12-13-28(18,5)30(20,32)26(38)27(29(21,31)6)40-24(36)8-2/h12-13,15,17,20-21,26-27,38H,7-11,14,16H2,1-6H3/t17-,20-,21-,26-,27+,28-,29+,30-,31+/m0/s1. The molecule has 0 aliphatic heterocycles. The van der Waals surface area contributed by atoms with E-state index in [0.29, 0.717) is 19.3 Å². The van der Waals surface area contributed by atoms with E-state index in [2.05, 4.69) is 0 Å². The maximum absolute atomic E-state index is 14.2. The summed E-state index contributed by atoms with van der Waals surface area (Å²) in [6.45, 7) is 9.60. The molecule has 4 aliphatic rings. The van der Waals surface area contributed by atoms with Crippen molar-refractivity contribution in [3.05, 3.63) is 23.8 Å².